The molecule has 0 radical (unpaired) electrons. The smallest absolute Gasteiger partial charge is 0.248 e. The molecule has 10 heteroatoms. The Morgan fingerprint density at radius 3 is 2.33 bits per heavy atom. The number of nitrogens with zero attached hydrogens (tertiary/aromatic N) is 6. The zero-order chi connectivity index (χ0) is 19.4. The molecular formula is C17H24N6O3S. The molecule has 1 fully saturated rings. The maximum atomic E-state index is 13.1. The molecule has 1 aromatic carbocycles. The van der Waals surface area contributed by atoms with Crippen molar-refractivity contribution in [1.29, 1.82) is 0 Å². The Hall–Kier alpha value is -2.33. The van der Waals surface area contributed by atoms with E-state index in [9.17, 15) is 13.2 Å². The molecule has 146 valence electrons. The van der Waals surface area contributed by atoms with Crippen molar-refractivity contribution < 1.29 is 13.2 Å². The molecule has 1 saturated heterocycles. The van der Waals surface area contributed by atoms with Gasteiger partial charge in [0.25, 0.3) is 0 Å². The molecule has 0 aliphatic carbocycles. The molecule has 1 atom stereocenters. The molecular weight excluding hydrogens is 368 g/mol. The van der Waals surface area contributed by atoms with Gasteiger partial charge in [-0.1, -0.05) is 30.3 Å². The van der Waals surface area contributed by atoms with Gasteiger partial charge in [-0.3, -0.25) is 4.79 Å². The van der Waals surface area contributed by atoms with Crippen molar-refractivity contribution in [3.63, 3.8) is 0 Å². The number of rotatable bonds is 6. The summed E-state index contributed by atoms with van der Waals surface area (Å²) in [5.41, 5.74) is 1.01. The Morgan fingerprint density at radius 2 is 1.78 bits per heavy atom. The van der Waals surface area contributed by atoms with Crippen LogP contribution in [0.25, 0.3) is 0 Å². The Kier molecular flexibility index (Phi) is 5.85. The fourth-order valence-electron chi connectivity index (χ4n) is 3.11. The first kappa shape index (κ1) is 19.4. The van der Waals surface area contributed by atoms with Crippen molar-refractivity contribution in [3.05, 3.63) is 42.2 Å². The molecule has 0 unspecified atom stereocenters. The van der Waals surface area contributed by atoms with Gasteiger partial charge in [0.2, 0.25) is 15.9 Å². The summed E-state index contributed by atoms with van der Waals surface area (Å²) in [5, 5.41) is 10.7. The predicted octanol–water partition coefficient (Wildman–Crippen LogP) is 0.339. The zero-order valence-electron chi connectivity index (χ0n) is 15.5. The fraction of sp³-hybridized carbons (Fsp3) is 0.529. The molecule has 27 heavy (non-hydrogen) atoms. The average Bonchev–Trinajstić information content (AvgIpc) is 3.21. The van der Waals surface area contributed by atoms with Crippen LogP contribution in [-0.4, -0.2) is 75.2 Å². The van der Waals surface area contributed by atoms with Gasteiger partial charge in [-0.2, -0.15) is 4.31 Å². The Morgan fingerprint density at radius 1 is 1.11 bits per heavy atom. The fourth-order valence-corrected chi connectivity index (χ4v) is 4.38. The van der Waals surface area contributed by atoms with Crippen molar-refractivity contribution in [2.75, 3.05) is 26.2 Å². The van der Waals surface area contributed by atoms with E-state index >= 15 is 0 Å². The molecule has 1 aliphatic heterocycles. The minimum atomic E-state index is -3.30. The molecule has 2 aromatic rings. The second-order valence-electron chi connectivity index (χ2n) is 6.81. The average molecular weight is 392 g/mol. The first-order valence-corrected chi connectivity index (χ1v) is 10.4. The topological polar surface area (TPSA) is 101 Å². The number of carbonyl (C=O) groups is 1. The van der Waals surface area contributed by atoms with Gasteiger partial charge in [0.1, 0.15) is 12.4 Å². The summed E-state index contributed by atoms with van der Waals surface area (Å²) in [6.45, 7) is 4.66. The van der Waals surface area contributed by atoms with Crippen LogP contribution in [0.1, 0.15) is 25.5 Å². The number of hydrogen-bond acceptors (Lipinski definition) is 6. The van der Waals surface area contributed by atoms with Crippen molar-refractivity contribution in [2.45, 2.75) is 31.6 Å². The van der Waals surface area contributed by atoms with Gasteiger partial charge in [-0.25, -0.2) is 13.1 Å². The quantitative estimate of drug-likeness (QED) is 0.703. The molecule has 0 spiro atoms. The monoisotopic (exact) mass is 392 g/mol. The van der Waals surface area contributed by atoms with Crippen LogP contribution in [0.4, 0.5) is 0 Å². The van der Waals surface area contributed by atoms with Crippen LogP contribution in [0, 0.1) is 0 Å². The highest BCUT2D eigenvalue weighted by Crippen LogP contribution is 2.19. The van der Waals surface area contributed by atoms with Crippen molar-refractivity contribution in [1.82, 2.24) is 29.4 Å². The van der Waals surface area contributed by atoms with E-state index in [1.54, 1.807) is 18.7 Å². The van der Waals surface area contributed by atoms with Gasteiger partial charge in [-0.15, -0.1) is 5.10 Å². The lowest BCUT2D eigenvalue weighted by Gasteiger charge is -2.36. The molecule has 3 rings (SSSR count). The molecule has 2 heterocycles. The van der Waals surface area contributed by atoms with Crippen molar-refractivity contribution in [2.24, 2.45) is 0 Å². The van der Waals surface area contributed by atoms with Crippen LogP contribution >= 0.6 is 0 Å². The van der Waals surface area contributed by atoms with Crippen molar-refractivity contribution in [3.8, 4) is 0 Å². The van der Waals surface area contributed by atoms with Crippen LogP contribution in [0.3, 0.4) is 0 Å². The molecule has 0 saturated carbocycles. The second-order valence-corrected chi connectivity index (χ2v) is 9.30. The number of sulfonamides is 1. The van der Waals surface area contributed by atoms with E-state index in [1.165, 1.54) is 15.3 Å². The largest absolute Gasteiger partial charge is 0.338 e. The number of carbonyl (C=O) groups excluding carboxylic acids is 1. The highest BCUT2D eigenvalue weighted by Gasteiger charge is 2.34. The van der Waals surface area contributed by atoms with E-state index in [4.69, 9.17) is 0 Å². The van der Waals surface area contributed by atoms with Gasteiger partial charge in [0.15, 0.2) is 0 Å². The van der Waals surface area contributed by atoms with Crippen LogP contribution in [0.15, 0.2) is 36.7 Å². The predicted molar refractivity (Wildman–Crippen MR) is 99.2 cm³/mol. The summed E-state index contributed by atoms with van der Waals surface area (Å²) in [4.78, 5) is 14.8. The molecule has 0 N–H and O–H groups in total. The van der Waals surface area contributed by atoms with Crippen molar-refractivity contribution >= 4 is 15.9 Å². The number of amides is 1. The van der Waals surface area contributed by atoms with E-state index in [1.807, 2.05) is 30.3 Å². The first-order valence-electron chi connectivity index (χ1n) is 8.93. The van der Waals surface area contributed by atoms with Gasteiger partial charge >= 0.3 is 0 Å². The van der Waals surface area contributed by atoms with Gasteiger partial charge in [0.05, 0.1) is 5.25 Å². The van der Waals surface area contributed by atoms with E-state index in [-0.39, 0.29) is 5.91 Å². The third-order valence-electron chi connectivity index (χ3n) is 4.75. The standard InChI is InChI=1S/C17H24N6O3S/c1-14(2)27(25,26)22-10-8-21(9-11-22)17(24)16(23-13-18-19-20-23)12-15-6-4-3-5-7-15/h3-7,13-14,16H,8-12H2,1-2H3/t16-/m0/s1. The third-order valence-corrected chi connectivity index (χ3v) is 7.02. The van der Waals surface area contributed by atoms with Crippen LogP contribution in [0.5, 0.6) is 0 Å². The molecule has 1 aromatic heterocycles. The Labute approximate surface area is 159 Å². The lowest BCUT2D eigenvalue weighted by atomic mass is 10.0. The molecule has 0 bridgehead atoms. The minimum Gasteiger partial charge on any atom is -0.338 e. The van der Waals surface area contributed by atoms with Gasteiger partial charge in [0, 0.05) is 32.6 Å². The van der Waals surface area contributed by atoms with E-state index < -0.39 is 21.3 Å². The minimum absolute atomic E-state index is 0.104. The van der Waals surface area contributed by atoms with E-state index in [2.05, 4.69) is 15.5 Å². The number of benzene rings is 1. The molecule has 9 nitrogen and oxygen atoms in total. The van der Waals surface area contributed by atoms with E-state index in [0.717, 1.165) is 5.56 Å². The highest BCUT2D eigenvalue weighted by molar-refractivity contribution is 7.89. The summed E-state index contributed by atoms with van der Waals surface area (Å²) in [7, 11) is -3.30. The highest BCUT2D eigenvalue weighted by atomic mass is 32.2. The lowest BCUT2D eigenvalue weighted by Crippen LogP contribution is -2.53. The molecule has 1 aliphatic rings. The van der Waals surface area contributed by atoms with Crippen LogP contribution < -0.4 is 0 Å². The summed E-state index contributed by atoms with van der Waals surface area (Å²) >= 11 is 0. The lowest BCUT2D eigenvalue weighted by molar-refractivity contribution is -0.136. The first-order chi connectivity index (χ1) is 12.9. The number of hydrogen-bond donors (Lipinski definition) is 0. The zero-order valence-corrected chi connectivity index (χ0v) is 16.3. The molecule has 1 amide bonds. The Bertz CT molecular complexity index is 846. The maximum Gasteiger partial charge on any atom is 0.248 e. The maximum absolute atomic E-state index is 13.1. The number of aromatic nitrogens is 4. The number of piperazine rings is 1. The van der Waals surface area contributed by atoms with E-state index in [0.29, 0.717) is 32.6 Å². The van der Waals surface area contributed by atoms with Crippen LogP contribution in [0.2, 0.25) is 0 Å². The van der Waals surface area contributed by atoms with Crippen LogP contribution in [-0.2, 0) is 21.2 Å². The SMILES string of the molecule is CC(C)S(=O)(=O)N1CCN(C(=O)[C@H](Cc2ccccc2)n2cnnn2)CC1. The van der Waals surface area contributed by atoms with Gasteiger partial charge in [-0.05, 0) is 29.8 Å². The Balaban J connectivity index is 1.72. The summed E-state index contributed by atoms with van der Waals surface area (Å²) in [6, 6.07) is 9.12. The third kappa shape index (κ3) is 4.33. The summed E-state index contributed by atoms with van der Waals surface area (Å²) < 4.78 is 27.6. The normalized spacial score (nSPS) is 17.2. The number of tetrazole rings is 1. The summed E-state index contributed by atoms with van der Waals surface area (Å²) in [5.74, 6) is -0.104. The summed E-state index contributed by atoms with van der Waals surface area (Å²) in [6.07, 6.45) is 1.90. The van der Waals surface area contributed by atoms with Gasteiger partial charge < -0.3 is 4.90 Å². The second kappa shape index (κ2) is 8.13.